The zero-order valence-electron chi connectivity index (χ0n) is 11.1. The number of nitriles is 1. The summed E-state index contributed by atoms with van der Waals surface area (Å²) in [6, 6.07) is 2.23. The lowest BCUT2D eigenvalue weighted by Crippen LogP contribution is -2.42. The molecule has 16 heavy (non-hydrogen) atoms. The topological polar surface area (TPSA) is 52.9 Å². The molecule has 0 aliphatic heterocycles. The van der Waals surface area contributed by atoms with Gasteiger partial charge in [-0.2, -0.15) is 5.26 Å². The zero-order chi connectivity index (χ0) is 12.8. The first-order valence-electron chi connectivity index (χ1n) is 6.08. The fraction of sp³-hybridized carbons (Fsp3) is 0.846. The molecule has 0 saturated heterocycles. The Kier molecular flexibility index (Phi) is 6.10. The molecule has 1 amide bonds. The molecule has 0 aromatic carbocycles. The molecule has 92 valence electrons. The van der Waals surface area contributed by atoms with Crippen LogP contribution in [0.5, 0.6) is 0 Å². The average molecular weight is 224 g/mol. The van der Waals surface area contributed by atoms with Gasteiger partial charge < -0.3 is 5.32 Å². The maximum atomic E-state index is 11.8. The highest BCUT2D eigenvalue weighted by Crippen LogP contribution is 2.20. The quantitative estimate of drug-likeness (QED) is 0.754. The van der Waals surface area contributed by atoms with Crippen molar-refractivity contribution >= 4 is 5.91 Å². The number of carbonyl (C=O) groups is 1. The molecular weight excluding hydrogens is 200 g/mol. The Balaban J connectivity index is 4.19. The van der Waals surface area contributed by atoms with E-state index < -0.39 is 5.41 Å². The third kappa shape index (κ3) is 4.65. The van der Waals surface area contributed by atoms with E-state index in [0.717, 1.165) is 12.8 Å². The molecule has 2 atom stereocenters. The maximum absolute atomic E-state index is 11.8. The van der Waals surface area contributed by atoms with Crippen LogP contribution in [-0.4, -0.2) is 11.9 Å². The van der Waals surface area contributed by atoms with E-state index in [9.17, 15) is 4.79 Å². The van der Waals surface area contributed by atoms with Crippen molar-refractivity contribution in [3.63, 3.8) is 0 Å². The van der Waals surface area contributed by atoms with E-state index in [1.807, 2.05) is 13.8 Å². The van der Waals surface area contributed by atoms with Crippen molar-refractivity contribution in [1.82, 2.24) is 5.32 Å². The zero-order valence-corrected chi connectivity index (χ0v) is 11.1. The SMILES string of the molecule is CCC(C)(C#N)C(=O)NC(C)CCC(C)C. The van der Waals surface area contributed by atoms with Crippen molar-refractivity contribution in [3.8, 4) is 6.07 Å². The lowest BCUT2D eigenvalue weighted by atomic mass is 9.88. The van der Waals surface area contributed by atoms with E-state index >= 15 is 0 Å². The number of hydrogen-bond donors (Lipinski definition) is 1. The molecule has 0 aromatic heterocycles. The molecule has 0 saturated carbocycles. The molecule has 3 nitrogen and oxygen atoms in total. The predicted molar refractivity (Wildman–Crippen MR) is 65.7 cm³/mol. The summed E-state index contributed by atoms with van der Waals surface area (Å²) in [5.41, 5.74) is -0.883. The number of nitrogens with one attached hydrogen (secondary N) is 1. The smallest absolute Gasteiger partial charge is 0.240 e. The molecule has 1 N–H and O–H groups in total. The van der Waals surface area contributed by atoms with Crippen LogP contribution in [0.2, 0.25) is 0 Å². The number of carbonyl (C=O) groups excluding carboxylic acids is 1. The second-order valence-electron chi connectivity index (χ2n) is 5.14. The van der Waals surface area contributed by atoms with Crippen LogP contribution in [0, 0.1) is 22.7 Å². The largest absolute Gasteiger partial charge is 0.352 e. The van der Waals surface area contributed by atoms with E-state index in [1.165, 1.54) is 0 Å². The van der Waals surface area contributed by atoms with E-state index in [0.29, 0.717) is 12.3 Å². The van der Waals surface area contributed by atoms with Crippen LogP contribution >= 0.6 is 0 Å². The van der Waals surface area contributed by atoms with Gasteiger partial charge in [0.25, 0.3) is 0 Å². The Hall–Kier alpha value is -1.04. The highest BCUT2D eigenvalue weighted by atomic mass is 16.2. The van der Waals surface area contributed by atoms with Crippen molar-refractivity contribution in [3.05, 3.63) is 0 Å². The minimum atomic E-state index is -0.883. The average Bonchev–Trinajstić information content (AvgIpc) is 2.25. The van der Waals surface area contributed by atoms with Gasteiger partial charge in [0.1, 0.15) is 5.41 Å². The number of hydrogen-bond acceptors (Lipinski definition) is 2. The molecule has 0 aromatic rings. The molecule has 0 fully saturated rings. The van der Waals surface area contributed by atoms with Gasteiger partial charge in [0.2, 0.25) is 5.91 Å². The summed E-state index contributed by atoms with van der Waals surface area (Å²) in [5.74, 6) is 0.502. The van der Waals surface area contributed by atoms with Gasteiger partial charge in [-0.3, -0.25) is 4.79 Å². The van der Waals surface area contributed by atoms with E-state index in [1.54, 1.807) is 6.92 Å². The highest BCUT2D eigenvalue weighted by molar-refractivity contribution is 5.85. The standard InChI is InChI=1S/C13H24N2O/c1-6-13(5,9-14)12(16)15-11(4)8-7-10(2)3/h10-11H,6-8H2,1-5H3,(H,15,16). The Morgan fingerprint density at radius 1 is 1.38 bits per heavy atom. The minimum absolute atomic E-state index is 0.145. The number of rotatable bonds is 6. The van der Waals surface area contributed by atoms with Gasteiger partial charge in [0, 0.05) is 6.04 Å². The normalized spacial score (nSPS) is 16.3. The van der Waals surface area contributed by atoms with Gasteiger partial charge in [-0.1, -0.05) is 20.8 Å². The van der Waals surface area contributed by atoms with Crippen molar-refractivity contribution in [2.45, 2.75) is 59.9 Å². The summed E-state index contributed by atoms with van der Waals surface area (Å²) in [6.45, 7) is 9.88. The lowest BCUT2D eigenvalue weighted by Gasteiger charge is -2.22. The minimum Gasteiger partial charge on any atom is -0.352 e. The van der Waals surface area contributed by atoms with Crippen molar-refractivity contribution in [2.24, 2.45) is 11.3 Å². The fourth-order valence-corrected chi connectivity index (χ4v) is 1.33. The van der Waals surface area contributed by atoms with Gasteiger partial charge in [-0.05, 0) is 39.0 Å². The van der Waals surface area contributed by atoms with Gasteiger partial charge in [0.05, 0.1) is 6.07 Å². The molecule has 0 bridgehead atoms. The first kappa shape index (κ1) is 15.0. The Bertz CT molecular complexity index is 268. The molecule has 0 radical (unpaired) electrons. The van der Waals surface area contributed by atoms with E-state index in [2.05, 4.69) is 25.2 Å². The molecule has 3 heteroatoms. The van der Waals surface area contributed by atoms with Crippen molar-refractivity contribution < 1.29 is 4.79 Å². The highest BCUT2D eigenvalue weighted by Gasteiger charge is 2.31. The summed E-state index contributed by atoms with van der Waals surface area (Å²) in [5, 5.41) is 11.9. The molecule has 0 heterocycles. The molecular formula is C13H24N2O. The van der Waals surface area contributed by atoms with Crippen molar-refractivity contribution in [1.29, 1.82) is 5.26 Å². The van der Waals surface area contributed by atoms with E-state index in [-0.39, 0.29) is 11.9 Å². The lowest BCUT2D eigenvalue weighted by molar-refractivity contribution is -0.128. The Labute approximate surface area is 99.2 Å². The summed E-state index contributed by atoms with van der Waals surface area (Å²) >= 11 is 0. The van der Waals surface area contributed by atoms with Crippen LogP contribution in [0.4, 0.5) is 0 Å². The third-order valence-corrected chi connectivity index (χ3v) is 3.01. The van der Waals surface area contributed by atoms with Crippen LogP contribution in [0.25, 0.3) is 0 Å². The molecule has 0 aliphatic rings. The molecule has 2 unspecified atom stereocenters. The van der Waals surface area contributed by atoms with Gasteiger partial charge in [-0.25, -0.2) is 0 Å². The monoisotopic (exact) mass is 224 g/mol. The summed E-state index contributed by atoms with van der Waals surface area (Å²) in [4.78, 5) is 11.8. The summed E-state index contributed by atoms with van der Waals surface area (Å²) in [6.07, 6.45) is 2.61. The van der Waals surface area contributed by atoms with Gasteiger partial charge in [-0.15, -0.1) is 0 Å². The fourth-order valence-electron chi connectivity index (χ4n) is 1.33. The Morgan fingerprint density at radius 3 is 2.31 bits per heavy atom. The van der Waals surface area contributed by atoms with Gasteiger partial charge >= 0.3 is 0 Å². The summed E-state index contributed by atoms with van der Waals surface area (Å²) in [7, 11) is 0. The Morgan fingerprint density at radius 2 is 1.94 bits per heavy atom. The van der Waals surface area contributed by atoms with Crippen LogP contribution in [0.1, 0.15) is 53.9 Å². The third-order valence-electron chi connectivity index (χ3n) is 3.01. The van der Waals surface area contributed by atoms with Crippen LogP contribution in [-0.2, 0) is 4.79 Å². The second-order valence-corrected chi connectivity index (χ2v) is 5.14. The van der Waals surface area contributed by atoms with Crippen LogP contribution in [0.15, 0.2) is 0 Å². The molecule has 0 rings (SSSR count). The van der Waals surface area contributed by atoms with Gasteiger partial charge in [0.15, 0.2) is 0 Å². The molecule has 0 aliphatic carbocycles. The number of amides is 1. The predicted octanol–water partition coefficient (Wildman–Crippen LogP) is 2.87. The van der Waals surface area contributed by atoms with Crippen molar-refractivity contribution in [2.75, 3.05) is 0 Å². The first-order valence-corrected chi connectivity index (χ1v) is 6.08. The second kappa shape index (κ2) is 6.52. The maximum Gasteiger partial charge on any atom is 0.240 e. The summed E-state index contributed by atoms with van der Waals surface area (Å²) < 4.78 is 0. The van der Waals surface area contributed by atoms with E-state index in [4.69, 9.17) is 5.26 Å². The van der Waals surface area contributed by atoms with Crippen LogP contribution in [0.3, 0.4) is 0 Å². The molecule has 0 spiro atoms. The number of nitrogens with zero attached hydrogens (tertiary/aromatic N) is 1. The van der Waals surface area contributed by atoms with Crippen LogP contribution < -0.4 is 5.32 Å². The first-order chi connectivity index (χ1) is 7.35.